The van der Waals surface area contributed by atoms with Crippen LogP contribution in [0.25, 0.3) is 16.6 Å². The Kier molecular flexibility index (Phi) is 31.6. The van der Waals surface area contributed by atoms with Crippen LogP contribution in [-0.2, 0) is 58.2 Å². The van der Waals surface area contributed by atoms with E-state index >= 15 is 0 Å². The summed E-state index contributed by atoms with van der Waals surface area (Å²) in [4.78, 5) is 69.2. The zero-order valence-electron chi connectivity index (χ0n) is 54.3. The number of carbonyl (C=O) groups excluding carboxylic acids is 4. The van der Waals surface area contributed by atoms with Crippen molar-refractivity contribution in [3.05, 3.63) is 132 Å². The number of allylic oxidation sites excluding steroid dienone is 2. The molecular weight excluding hydrogens is 1360 g/mol. The van der Waals surface area contributed by atoms with E-state index in [0.29, 0.717) is 81.8 Å². The van der Waals surface area contributed by atoms with Gasteiger partial charge in [-0.2, -0.15) is 43.5 Å². The number of alkyl halides is 6. The van der Waals surface area contributed by atoms with Gasteiger partial charge in [0.2, 0.25) is 11.7 Å². The summed E-state index contributed by atoms with van der Waals surface area (Å²) < 4.78 is 120. The van der Waals surface area contributed by atoms with Gasteiger partial charge in [-0.1, -0.05) is 75.3 Å². The molecule has 31 heteroatoms. The van der Waals surface area contributed by atoms with Crippen molar-refractivity contribution in [2.45, 2.75) is 161 Å². The summed E-state index contributed by atoms with van der Waals surface area (Å²) in [6.07, 6.45) is 5.22. The van der Waals surface area contributed by atoms with Crippen LogP contribution in [0.1, 0.15) is 151 Å². The molecule has 1 aliphatic carbocycles. The third kappa shape index (κ3) is 23.0. The molecule has 95 heavy (non-hydrogen) atoms. The molecule has 3 aromatic heterocycles. The number of esters is 2. The highest BCUT2D eigenvalue weighted by Crippen LogP contribution is 2.36. The third-order valence-electron chi connectivity index (χ3n) is 14.1. The highest BCUT2D eigenvalue weighted by Gasteiger charge is 2.35. The number of aromatic nitrogens is 6. The van der Waals surface area contributed by atoms with Crippen LogP contribution in [0, 0.1) is 25.6 Å². The number of hydrogen-bond acceptors (Lipinski definition) is 18. The highest BCUT2D eigenvalue weighted by molar-refractivity contribution is 7.99. The lowest BCUT2D eigenvalue weighted by Crippen LogP contribution is -2.26. The van der Waals surface area contributed by atoms with E-state index in [4.69, 9.17) is 53.9 Å². The number of oxime groups is 1. The number of fused-ring (bicyclic) bond motifs is 1. The Balaban J connectivity index is 0.000000270. The number of unbranched alkanes of at least 4 members (excludes halogenated alkanes) is 2. The minimum atomic E-state index is -4.76. The van der Waals surface area contributed by atoms with Crippen LogP contribution < -0.4 is 10.4 Å². The molecule has 0 aliphatic heterocycles. The van der Waals surface area contributed by atoms with Gasteiger partial charge in [0.25, 0.3) is 0 Å². The van der Waals surface area contributed by atoms with E-state index in [9.17, 15) is 68.9 Å². The fourth-order valence-corrected chi connectivity index (χ4v) is 12.3. The van der Waals surface area contributed by atoms with E-state index in [0.717, 1.165) is 72.5 Å². The molecule has 3 aromatic carbocycles. The Labute approximate surface area is 566 Å². The monoisotopic (exact) mass is 1440 g/mol. The van der Waals surface area contributed by atoms with Gasteiger partial charge in [-0.25, -0.2) is 31.6 Å². The molecule has 7 rings (SSSR count). The molecule has 2 N–H and O–H groups in total. The van der Waals surface area contributed by atoms with Gasteiger partial charge in [-0.3, -0.25) is 19.4 Å². The first-order valence-corrected chi connectivity index (χ1v) is 34.3. The van der Waals surface area contributed by atoms with Gasteiger partial charge in [-0.15, -0.1) is 16.7 Å². The predicted octanol–water partition coefficient (Wildman–Crippen LogP) is 14.6. The summed E-state index contributed by atoms with van der Waals surface area (Å²) in [5, 5.41) is 32.6. The van der Waals surface area contributed by atoms with Crippen molar-refractivity contribution in [3.63, 3.8) is 0 Å². The second-order valence-electron chi connectivity index (χ2n) is 21.7. The average Bonchev–Trinajstić information content (AvgIpc) is 1.71. The number of ether oxygens (including phenoxy) is 3. The van der Waals surface area contributed by atoms with Crippen molar-refractivity contribution in [2.75, 3.05) is 31.8 Å². The largest absolute Gasteiger partial charge is 0.511 e. The SMILES string of the molecule is CCC/C(=N/OCC)C1=C(O)CC(CC(C)SCC)CC1=O.CCCCCC(C)OC(=O)COc1ccc(Cl)c2cccnc12.CCOC(=O)C(Cl)Cc1cc(-n2nc(C)n(C(F)F)c2=O)c(F)cc1Cl.Cc1nn(C)c(O)c1C(=O)c1ccc(C(F)(F)F)cc1S(C)(=O)=O. The van der Waals surface area contributed by atoms with Crippen LogP contribution in [0.5, 0.6) is 11.6 Å². The van der Waals surface area contributed by atoms with Crippen molar-refractivity contribution in [1.29, 1.82) is 0 Å². The van der Waals surface area contributed by atoms with Gasteiger partial charge < -0.3 is 29.3 Å². The fourth-order valence-electron chi connectivity index (χ4n) is 9.75. The quantitative estimate of drug-likeness (QED) is 0.00972. The Morgan fingerprint density at radius 2 is 1.61 bits per heavy atom. The molecule has 1 aliphatic rings. The number of sulfone groups is 1. The molecule has 20 nitrogen and oxygen atoms in total. The number of aromatic hydroxyl groups is 1. The zero-order chi connectivity index (χ0) is 71.2. The average molecular weight is 1440 g/mol. The third-order valence-corrected chi connectivity index (χ3v) is 17.4. The lowest BCUT2D eigenvalue weighted by molar-refractivity contribution is -0.151. The van der Waals surface area contributed by atoms with E-state index < -0.39 is 73.1 Å². The first-order chi connectivity index (χ1) is 44.6. The molecule has 4 unspecified atom stereocenters. The Bertz CT molecular complexity index is 3880. The fraction of sp³-hybridized carbons (Fsp3) is 0.484. The molecule has 0 saturated carbocycles. The lowest BCUT2D eigenvalue weighted by atomic mass is 9.82. The normalized spacial score (nSPS) is 14.4. The standard InChI is InChI=1S/C18H22ClNO3.C17H29NO3S.C15H14Cl2F3N3O3.C14H13F3N2O4S/c1-3-4-5-7-13(2)23-17(21)12-22-16-10-9-15(19)14-8-6-11-20-18(14)16;1-5-8-14(18-21-6-2)17-15(19)10-13(11-16(17)20)9-12(4)22-7-3;1-3-26-13(24)10(17)4-8-5-12(11(18)6-9(8)16)23-15(25)22(14(19)20)7(2)21-23;1-7-11(13(21)19(2)18-7)12(20)9-5-4-8(14(15,16)17)6-10(9)24(3,22)23/h6,8-11,13H,3-5,7,12H2,1-2H3;12-13,19H,5-11H2,1-4H3;5-6,10,14H,3-4H2,1-2H3;4-6,21H,1-3H3/b;18-14-;;. The van der Waals surface area contributed by atoms with Gasteiger partial charge in [0.05, 0.1) is 45.2 Å². The number of halogens is 9. The second kappa shape index (κ2) is 37.4. The molecule has 4 atom stereocenters. The molecule has 0 bridgehead atoms. The molecule has 0 fully saturated rings. The topological polar surface area (TPSA) is 263 Å². The number of aryl methyl sites for hydroxylation is 3. The number of pyridine rings is 1. The van der Waals surface area contributed by atoms with Crippen molar-refractivity contribution in [1.82, 2.24) is 29.1 Å². The van der Waals surface area contributed by atoms with Crippen LogP contribution in [0.3, 0.4) is 0 Å². The molecule has 522 valence electrons. The van der Waals surface area contributed by atoms with Crippen molar-refractivity contribution in [3.8, 4) is 17.3 Å². The Hall–Kier alpha value is -7.14. The lowest BCUT2D eigenvalue weighted by Gasteiger charge is -2.25. The van der Waals surface area contributed by atoms with E-state index in [2.05, 4.69) is 41.1 Å². The first kappa shape index (κ1) is 80.3. The van der Waals surface area contributed by atoms with Crippen LogP contribution in [0.4, 0.5) is 26.3 Å². The van der Waals surface area contributed by atoms with E-state index in [-0.39, 0.29) is 87.1 Å². The summed E-state index contributed by atoms with van der Waals surface area (Å²) >= 11 is 19.9. The second-order valence-corrected chi connectivity index (χ2v) is 26.7. The van der Waals surface area contributed by atoms with Crippen molar-refractivity contribution in [2.24, 2.45) is 18.1 Å². The summed E-state index contributed by atoms with van der Waals surface area (Å²) in [5.74, 6) is -1.67. The Morgan fingerprint density at radius 3 is 2.18 bits per heavy atom. The van der Waals surface area contributed by atoms with Crippen LogP contribution >= 0.6 is 46.6 Å². The number of ketones is 2. The molecule has 6 aromatic rings. The Morgan fingerprint density at radius 1 is 0.916 bits per heavy atom. The van der Waals surface area contributed by atoms with E-state index in [1.54, 1.807) is 25.3 Å². The molecule has 0 radical (unpaired) electrons. The van der Waals surface area contributed by atoms with Gasteiger partial charge in [0.1, 0.15) is 46.1 Å². The predicted molar refractivity (Wildman–Crippen MR) is 352 cm³/mol. The number of benzene rings is 3. The van der Waals surface area contributed by atoms with Gasteiger partial charge in [-0.05, 0) is 132 Å². The van der Waals surface area contributed by atoms with E-state index in [1.807, 2.05) is 44.7 Å². The maximum atomic E-state index is 14.2. The maximum Gasteiger partial charge on any atom is 0.416 e. The van der Waals surface area contributed by atoms with Crippen molar-refractivity contribution < 1.29 is 83.2 Å². The van der Waals surface area contributed by atoms with Crippen LogP contribution in [0.15, 0.2) is 87.0 Å². The van der Waals surface area contributed by atoms with Gasteiger partial charge in [0, 0.05) is 60.0 Å². The number of aliphatic hydroxyl groups excluding tert-OH is 1. The number of aliphatic hydroxyl groups is 1. The molecule has 3 heterocycles. The van der Waals surface area contributed by atoms with Gasteiger partial charge >= 0.3 is 30.4 Å². The number of Topliss-reactive ketones (excluding diaryl/α,β-unsaturated/α-hetero) is 1. The number of rotatable bonds is 26. The first-order valence-electron chi connectivity index (χ1n) is 30.2. The number of nitrogens with zero attached hydrogens (tertiary/aromatic N) is 7. The summed E-state index contributed by atoms with van der Waals surface area (Å²) in [6, 6.07) is 11.0. The number of hydrogen-bond donors (Lipinski definition) is 2. The molecule has 0 saturated heterocycles. The maximum absolute atomic E-state index is 14.2. The molecule has 0 spiro atoms. The minimum absolute atomic E-state index is 0.00866. The van der Waals surface area contributed by atoms with Crippen LogP contribution in [0.2, 0.25) is 10.0 Å². The molecular formula is C64H78Cl3F6N7O13S2. The summed E-state index contributed by atoms with van der Waals surface area (Å²) in [7, 11) is -2.75. The number of carbonyl (C=O) groups is 4. The highest BCUT2D eigenvalue weighted by atomic mass is 35.5. The number of thioether (sulfide) groups is 1. The summed E-state index contributed by atoms with van der Waals surface area (Å²) in [6.45, 7) is 13.8. The van der Waals surface area contributed by atoms with Crippen LogP contribution in [-0.4, -0.2) is 126 Å². The summed E-state index contributed by atoms with van der Waals surface area (Å²) in [5.41, 5.74) is -1.51. The van der Waals surface area contributed by atoms with E-state index in [1.165, 1.54) is 20.9 Å². The zero-order valence-corrected chi connectivity index (χ0v) is 58.2. The molecule has 0 amide bonds. The smallest absolute Gasteiger partial charge is 0.416 e. The minimum Gasteiger partial charge on any atom is -0.511 e. The van der Waals surface area contributed by atoms with Gasteiger partial charge in [0.15, 0.2) is 28.0 Å². The van der Waals surface area contributed by atoms with Crippen molar-refractivity contribution >= 4 is 96.5 Å².